The fourth-order valence-corrected chi connectivity index (χ4v) is 6.09. The number of aromatic nitrogens is 3. The first-order valence-electron chi connectivity index (χ1n) is 11.9. The molecular formula is C22H15N7O14S4. The molecule has 5 aromatic rings. The van der Waals surface area contributed by atoms with Crippen molar-refractivity contribution in [2.75, 3.05) is 0 Å². The van der Waals surface area contributed by atoms with Crippen LogP contribution in [-0.4, -0.2) is 73.1 Å². The van der Waals surface area contributed by atoms with E-state index in [9.17, 15) is 53.3 Å². The Balaban J connectivity index is 1.55. The smallest absolute Gasteiger partial charge is 0.357 e. The van der Waals surface area contributed by atoms with E-state index in [1.165, 1.54) is 12.1 Å². The number of nitrogens with one attached hydrogen (secondary N) is 1. The van der Waals surface area contributed by atoms with E-state index in [2.05, 4.69) is 39.8 Å². The summed E-state index contributed by atoms with van der Waals surface area (Å²) >= 11 is -2.73. The molecule has 0 fully saturated rings. The minimum absolute atomic E-state index is 0.0257. The summed E-state index contributed by atoms with van der Waals surface area (Å²) in [4.78, 5) is 1.12. The number of aromatic hydroxyl groups is 2. The van der Waals surface area contributed by atoms with Crippen LogP contribution in [0, 0.1) is 0 Å². The quantitative estimate of drug-likeness (QED) is 0.0647. The van der Waals surface area contributed by atoms with Gasteiger partial charge in [0.2, 0.25) is 0 Å². The molecule has 7 N–H and O–H groups in total. The van der Waals surface area contributed by atoms with Crippen LogP contribution in [-0.2, 0) is 41.7 Å². The number of aromatic amines is 1. The average Bonchev–Trinajstić information content (AvgIpc) is 3.41. The van der Waals surface area contributed by atoms with Crippen LogP contribution in [0.15, 0.2) is 83.7 Å². The van der Waals surface area contributed by atoms with Gasteiger partial charge in [-0.3, -0.25) is 18.2 Å². The molecular weight excluding hydrogens is 715 g/mol. The maximum absolute atomic E-state index is 11.9. The number of azo groups is 2. The van der Waals surface area contributed by atoms with Crippen molar-refractivity contribution >= 4 is 86.5 Å². The van der Waals surface area contributed by atoms with Crippen LogP contribution < -0.4 is 4.18 Å². The molecule has 246 valence electrons. The molecule has 0 amide bonds. The predicted octanol–water partition coefficient (Wildman–Crippen LogP) is 3.61. The molecule has 0 bridgehead atoms. The normalized spacial score (nSPS) is 13.6. The summed E-state index contributed by atoms with van der Waals surface area (Å²) in [5, 5.41) is 41.6. The second kappa shape index (κ2) is 12.0. The number of H-pyrrole nitrogens is 1. The molecule has 1 unspecified atom stereocenters. The minimum atomic E-state index is -5.08. The van der Waals surface area contributed by atoms with E-state index in [0.717, 1.165) is 36.4 Å². The van der Waals surface area contributed by atoms with Crippen molar-refractivity contribution in [3.8, 4) is 17.2 Å². The third-order valence-electron chi connectivity index (χ3n) is 6.01. The Morgan fingerprint density at radius 2 is 1.23 bits per heavy atom. The van der Waals surface area contributed by atoms with E-state index in [1.54, 1.807) is 0 Å². The Morgan fingerprint density at radius 3 is 1.77 bits per heavy atom. The van der Waals surface area contributed by atoms with Crippen LogP contribution >= 0.6 is 0 Å². The lowest BCUT2D eigenvalue weighted by atomic mass is 10.1. The van der Waals surface area contributed by atoms with Gasteiger partial charge < -0.3 is 14.4 Å². The Bertz CT molecular complexity index is 2530. The number of hydrogen-bond donors (Lipinski definition) is 7. The zero-order valence-electron chi connectivity index (χ0n) is 22.4. The SMILES string of the molecule is O=S(O)Oc1ccc2c(N=Nc3nc(N=Nc4c(O)c(S(=O)(=O)O)cc5cc(S(=O)(=O)O)ccc45)n[nH]3)c(O)c(S(=O)(=O)O)cc2c1. The highest BCUT2D eigenvalue weighted by atomic mass is 32.2. The first-order chi connectivity index (χ1) is 21.8. The van der Waals surface area contributed by atoms with Gasteiger partial charge in [0.15, 0.2) is 11.5 Å². The molecule has 21 nitrogen and oxygen atoms in total. The minimum Gasteiger partial charge on any atom is -0.504 e. The lowest BCUT2D eigenvalue weighted by Gasteiger charge is -2.09. The van der Waals surface area contributed by atoms with Gasteiger partial charge in [-0.05, 0) is 53.2 Å². The highest BCUT2D eigenvalue weighted by Gasteiger charge is 2.24. The fraction of sp³-hybridized carbons (Fsp3) is 0. The van der Waals surface area contributed by atoms with E-state index in [-0.39, 0.29) is 27.3 Å². The lowest BCUT2D eigenvalue weighted by Crippen LogP contribution is -2.00. The van der Waals surface area contributed by atoms with Gasteiger partial charge in [-0.15, -0.1) is 25.6 Å². The third-order valence-corrected chi connectivity index (χ3v) is 8.93. The van der Waals surface area contributed by atoms with E-state index in [4.69, 9.17) is 4.55 Å². The molecule has 47 heavy (non-hydrogen) atoms. The standard InChI is InChI=1S/C22H15N7O14S4/c30-19-15(46(37,38)39)7-9-5-11(43-44(32)33)1-3-13(9)17(19)24-26-21-23-22(29-28-21)27-25-18-14-4-2-12(45(34,35)36)6-10(14)8-16(20(18)31)47(40,41)42/h1-8,30-31H,(H,32,33)(H,23,28,29)(H,34,35,36)(H,37,38,39)(H,40,41,42). The molecule has 0 saturated heterocycles. The summed E-state index contributed by atoms with van der Waals surface area (Å²) < 4.78 is 124. The molecule has 0 aliphatic carbocycles. The van der Waals surface area contributed by atoms with Gasteiger partial charge in [-0.25, -0.2) is 5.10 Å². The molecule has 1 aromatic heterocycles. The Kier molecular flexibility index (Phi) is 8.49. The second-order valence-corrected chi connectivity index (χ2v) is 13.8. The van der Waals surface area contributed by atoms with Gasteiger partial charge in [0.1, 0.15) is 26.9 Å². The summed E-state index contributed by atoms with van der Waals surface area (Å²) in [5.74, 6) is -3.24. The molecule has 0 spiro atoms. The van der Waals surface area contributed by atoms with Crippen molar-refractivity contribution < 1.29 is 62.1 Å². The van der Waals surface area contributed by atoms with E-state index in [0.29, 0.717) is 0 Å². The van der Waals surface area contributed by atoms with Crippen molar-refractivity contribution in [2.45, 2.75) is 14.7 Å². The average molecular weight is 730 g/mol. The molecule has 25 heteroatoms. The number of phenolic OH excluding ortho intramolecular Hbond substituents is 2. The predicted molar refractivity (Wildman–Crippen MR) is 157 cm³/mol. The van der Waals surface area contributed by atoms with Gasteiger partial charge >= 0.3 is 11.4 Å². The maximum atomic E-state index is 11.9. The maximum Gasteiger partial charge on any atom is 0.357 e. The van der Waals surface area contributed by atoms with Crippen molar-refractivity contribution in [3.63, 3.8) is 0 Å². The fourth-order valence-electron chi connectivity index (χ4n) is 4.08. The molecule has 1 heterocycles. The topological polar surface area (TPSA) is 341 Å². The van der Waals surface area contributed by atoms with Gasteiger partial charge in [-0.2, -0.15) is 34.4 Å². The molecule has 4 aromatic carbocycles. The number of hydrogen-bond acceptors (Lipinski definition) is 16. The molecule has 1 atom stereocenters. The zero-order valence-corrected chi connectivity index (χ0v) is 25.7. The summed E-state index contributed by atoms with van der Waals surface area (Å²) in [6.07, 6.45) is 0. The summed E-state index contributed by atoms with van der Waals surface area (Å²) in [5.41, 5.74) is -1.09. The number of nitrogens with zero attached hydrogens (tertiary/aromatic N) is 6. The number of benzene rings is 4. The molecule has 5 rings (SSSR count). The number of phenols is 2. The monoisotopic (exact) mass is 729 g/mol. The van der Waals surface area contributed by atoms with E-state index >= 15 is 0 Å². The highest BCUT2D eigenvalue weighted by Crippen LogP contribution is 2.43. The molecule has 0 aliphatic rings. The second-order valence-electron chi connectivity index (χ2n) is 8.99. The van der Waals surface area contributed by atoms with Crippen LogP contribution in [0.5, 0.6) is 17.2 Å². The summed E-state index contributed by atoms with van der Waals surface area (Å²) in [6, 6.07) is 7.95. The Morgan fingerprint density at radius 1 is 0.702 bits per heavy atom. The van der Waals surface area contributed by atoms with Gasteiger partial charge in [0.25, 0.3) is 42.3 Å². The molecule has 0 saturated carbocycles. The first kappa shape index (κ1) is 33.3. The number of fused-ring (bicyclic) bond motifs is 2. The van der Waals surface area contributed by atoms with Crippen LogP contribution in [0.2, 0.25) is 0 Å². The van der Waals surface area contributed by atoms with Gasteiger partial charge in [0.05, 0.1) is 4.90 Å². The van der Waals surface area contributed by atoms with Crippen LogP contribution in [0.4, 0.5) is 23.3 Å². The van der Waals surface area contributed by atoms with Crippen LogP contribution in [0.1, 0.15) is 0 Å². The highest BCUT2D eigenvalue weighted by molar-refractivity contribution is 7.86. The van der Waals surface area contributed by atoms with E-state index < -0.39 is 91.2 Å². The Hall–Kier alpha value is -5.02. The van der Waals surface area contributed by atoms with Gasteiger partial charge in [0, 0.05) is 10.8 Å². The first-order valence-corrected chi connectivity index (χ1v) is 17.2. The largest absolute Gasteiger partial charge is 0.504 e. The van der Waals surface area contributed by atoms with Gasteiger partial charge in [-0.1, -0.05) is 6.07 Å². The van der Waals surface area contributed by atoms with E-state index in [1.807, 2.05) is 0 Å². The van der Waals surface area contributed by atoms with Crippen molar-refractivity contribution in [3.05, 3.63) is 48.5 Å². The summed E-state index contributed by atoms with van der Waals surface area (Å²) in [7, 11) is -14.8. The number of rotatable bonds is 9. The summed E-state index contributed by atoms with van der Waals surface area (Å²) in [6.45, 7) is 0. The van der Waals surface area contributed by atoms with Crippen molar-refractivity contribution in [2.24, 2.45) is 20.5 Å². The zero-order chi connectivity index (χ0) is 34.5. The van der Waals surface area contributed by atoms with Crippen molar-refractivity contribution in [1.82, 2.24) is 15.2 Å². The Labute approximate surface area is 264 Å². The van der Waals surface area contributed by atoms with Crippen LogP contribution in [0.3, 0.4) is 0 Å². The molecule has 0 aliphatic heterocycles. The van der Waals surface area contributed by atoms with Crippen LogP contribution in [0.25, 0.3) is 21.5 Å². The molecule has 0 radical (unpaired) electrons. The third kappa shape index (κ3) is 7.05. The van der Waals surface area contributed by atoms with Crippen molar-refractivity contribution in [1.29, 1.82) is 0 Å². The lowest BCUT2D eigenvalue weighted by molar-refractivity contribution is 0.443.